The van der Waals surface area contributed by atoms with E-state index in [1.165, 1.54) is 0 Å². The van der Waals surface area contributed by atoms with Crippen molar-refractivity contribution in [1.29, 1.82) is 0 Å². The fourth-order valence-corrected chi connectivity index (χ4v) is 3.45. The van der Waals surface area contributed by atoms with Gasteiger partial charge in [-0.2, -0.15) is 0 Å². The summed E-state index contributed by atoms with van der Waals surface area (Å²) >= 11 is 0. The maximum absolute atomic E-state index is 11.2. The van der Waals surface area contributed by atoms with Crippen molar-refractivity contribution in [2.45, 2.75) is 79.9 Å². The molecule has 180 valence electrons. The Morgan fingerprint density at radius 1 is 0.677 bits per heavy atom. The number of carboxylic acid groups (broad SMARTS) is 1. The molecule has 3 fully saturated rings. The zero-order valence-corrected chi connectivity index (χ0v) is 15.9. The number of aliphatic hydroxyl groups is 8. The van der Waals surface area contributed by atoms with Crippen molar-refractivity contribution in [3.05, 3.63) is 0 Å². The quantitative estimate of drug-likeness (QED) is 0.186. The number of hydrogen-bond donors (Lipinski definition) is 9. The second-order valence-electron chi connectivity index (χ2n) is 7.48. The Kier molecular flexibility index (Phi) is 7.80. The lowest BCUT2D eigenvalue weighted by Gasteiger charge is -2.45. The monoisotopic (exact) mass is 458 g/mol. The van der Waals surface area contributed by atoms with Crippen molar-refractivity contribution in [3.8, 4) is 0 Å². The molecule has 3 rings (SSSR count). The van der Waals surface area contributed by atoms with E-state index in [-0.39, 0.29) is 0 Å². The third-order valence-electron chi connectivity index (χ3n) is 5.27. The predicted octanol–water partition coefficient (Wildman–Crippen LogP) is -6.20. The van der Waals surface area contributed by atoms with Crippen LogP contribution in [0.4, 0.5) is 0 Å². The molecule has 15 heteroatoms. The molecule has 9 N–H and O–H groups in total. The van der Waals surface area contributed by atoms with Gasteiger partial charge in [-0.05, 0) is 0 Å². The van der Waals surface area contributed by atoms with Gasteiger partial charge < -0.3 is 69.6 Å². The Morgan fingerprint density at radius 2 is 1.23 bits per heavy atom. The summed E-state index contributed by atoms with van der Waals surface area (Å²) < 4.78 is 25.7. The highest BCUT2D eigenvalue weighted by Gasteiger charge is 2.52. The van der Waals surface area contributed by atoms with Crippen LogP contribution in [0.1, 0.15) is 0 Å². The molecule has 0 radical (unpaired) electrons. The Morgan fingerprint density at radius 3 is 1.84 bits per heavy atom. The van der Waals surface area contributed by atoms with Crippen molar-refractivity contribution in [3.63, 3.8) is 0 Å². The van der Waals surface area contributed by atoms with Gasteiger partial charge in [0.05, 0.1) is 13.2 Å². The molecule has 0 aromatic carbocycles. The number of carboxylic acids is 1. The van der Waals surface area contributed by atoms with Crippen LogP contribution in [0.5, 0.6) is 0 Å². The van der Waals surface area contributed by atoms with Gasteiger partial charge >= 0.3 is 5.97 Å². The van der Waals surface area contributed by atoms with E-state index in [9.17, 15) is 45.6 Å². The van der Waals surface area contributed by atoms with Gasteiger partial charge in [0.2, 0.25) is 0 Å². The molecule has 0 bridgehead atoms. The first-order valence-electron chi connectivity index (χ1n) is 9.39. The van der Waals surface area contributed by atoms with E-state index in [0.717, 1.165) is 0 Å². The van der Waals surface area contributed by atoms with Gasteiger partial charge in [-0.15, -0.1) is 0 Å². The summed E-state index contributed by atoms with van der Waals surface area (Å²) in [6.07, 6.45) is -22.5. The van der Waals surface area contributed by atoms with Gasteiger partial charge in [0.15, 0.2) is 25.0 Å². The Hall–Kier alpha value is -1.05. The van der Waals surface area contributed by atoms with Gasteiger partial charge in [0.25, 0.3) is 0 Å². The van der Waals surface area contributed by atoms with Gasteiger partial charge in [-0.1, -0.05) is 0 Å². The van der Waals surface area contributed by atoms with E-state index in [4.69, 9.17) is 24.1 Å². The van der Waals surface area contributed by atoms with Crippen molar-refractivity contribution in [2.24, 2.45) is 0 Å². The lowest BCUT2D eigenvalue weighted by atomic mass is 9.98. The highest BCUT2D eigenvalue weighted by molar-refractivity contribution is 5.73. The number of ether oxygens (including phenoxy) is 5. The second-order valence-corrected chi connectivity index (χ2v) is 7.48. The molecule has 3 aliphatic heterocycles. The van der Waals surface area contributed by atoms with E-state index < -0.39 is 99.1 Å². The average molecular weight is 458 g/mol. The third-order valence-corrected chi connectivity index (χ3v) is 5.27. The minimum atomic E-state index is -2.03. The maximum Gasteiger partial charge on any atom is 0.335 e. The Labute approximate surface area is 174 Å². The number of rotatable bonds is 5. The van der Waals surface area contributed by atoms with Gasteiger partial charge in [0.1, 0.15) is 54.9 Å². The SMILES string of the molecule is O=C(O)[C@H]1O[C@@H](O)[C@H](O)[C@@H](O[C@@H]2OC[C@H](O)[C@H](O)[C@H]2O[C@@H]2OC[C@@H](O)[C@H](O)[C@H]2O)[C@@H]1O. The molecule has 0 aromatic heterocycles. The Balaban J connectivity index is 1.77. The second kappa shape index (κ2) is 9.84. The summed E-state index contributed by atoms with van der Waals surface area (Å²) in [6.45, 7) is -0.911. The van der Waals surface area contributed by atoms with Crippen LogP contribution in [0, 0.1) is 0 Å². The van der Waals surface area contributed by atoms with E-state index in [2.05, 4.69) is 4.74 Å². The van der Waals surface area contributed by atoms with E-state index in [1.807, 2.05) is 0 Å². The van der Waals surface area contributed by atoms with Crippen LogP contribution in [-0.4, -0.2) is 145 Å². The molecule has 3 heterocycles. The molecule has 0 aliphatic carbocycles. The van der Waals surface area contributed by atoms with Crippen LogP contribution in [0.15, 0.2) is 0 Å². The molecule has 0 spiro atoms. The molecule has 13 atom stereocenters. The molecule has 0 unspecified atom stereocenters. The van der Waals surface area contributed by atoms with Gasteiger partial charge in [0, 0.05) is 0 Å². The first-order valence-corrected chi connectivity index (χ1v) is 9.39. The standard InChI is InChI=1S/C16H26O15/c17-3-1-27-15(7(21)5(3)19)31-12-6(20)4(18)2-28-16(12)30-10-8(22)11(13(24)25)29-14(26)9(10)23/h3-12,14-23,26H,1-2H2,(H,24,25)/t3-,4+,5+,6+,7-,8+,9-,10+,11+,12-,14-,15+,16+/m1/s1. The zero-order valence-electron chi connectivity index (χ0n) is 15.9. The smallest absolute Gasteiger partial charge is 0.335 e. The van der Waals surface area contributed by atoms with Crippen LogP contribution in [0.25, 0.3) is 0 Å². The largest absolute Gasteiger partial charge is 0.479 e. The molecule has 3 aliphatic rings. The number of aliphatic carboxylic acids is 1. The number of carbonyl (C=O) groups is 1. The minimum Gasteiger partial charge on any atom is -0.479 e. The summed E-state index contributed by atoms with van der Waals surface area (Å²) in [4.78, 5) is 11.2. The summed E-state index contributed by atoms with van der Waals surface area (Å²) in [5.41, 5.74) is 0. The van der Waals surface area contributed by atoms with E-state index in [0.29, 0.717) is 0 Å². The molecule has 3 saturated heterocycles. The van der Waals surface area contributed by atoms with Crippen molar-refractivity contribution < 1.29 is 74.4 Å². The van der Waals surface area contributed by atoms with Crippen molar-refractivity contribution >= 4 is 5.97 Å². The van der Waals surface area contributed by atoms with E-state index in [1.54, 1.807) is 0 Å². The van der Waals surface area contributed by atoms with Crippen molar-refractivity contribution in [1.82, 2.24) is 0 Å². The molecule has 31 heavy (non-hydrogen) atoms. The first kappa shape index (κ1) is 24.6. The maximum atomic E-state index is 11.2. The topological polar surface area (TPSA) is 245 Å². The highest BCUT2D eigenvalue weighted by Crippen LogP contribution is 2.30. The van der Waals surface area contributed by atoms with Gasteiger partial charge in [-0.3, -0.25) is 0 Å². The number of aliphatic hydroxyl groups excluding tert-OH is 8. The van der Waals surface area contributed by atoms with Crippen LogP contribution < -0.4 is 0 Å². The molecule has 15 nitrogen and oxygen atoms in total. The molecule has 0 aromatic rings. The van der Waals surface area contributed by atoms with Gasteiger partial charge in [-0.25, -0.2) is 4.79 Å². The Bertz CT molecular complexity index is 620. The first-order chi connectivity index (χ1) is 14.5. The van der Waals surface area contributed by atoms with E-state index >= 15 is 0 Å². The molecular formula is C16H26O15. The highest BCUT2D eigenvalue weighted by atomic mass is 16.8. The fourth-order valence-electron chi connectivity index (χ4n) is 3.45. The van der Waals surface area contributed by atoms with Crippen LogP contribution in [0.2, 0.25) is 0 Å². The third kappa shape index (κ3) is 4.98. The molecule has 0 amide bonds. The molecule has 0 saturated carbocycles. The normalized spacial score (nSPS) is 51.4. The van der Waals surface area contributed by atoms with Crippen molar-refractivity contribution in [2.75, 3.05) is 13.2 Å². The van der Waals surface area contributed by atoms with Crippen LogP contribution in [0.3, 0.4) is 0 Å². The fraction of sp³-hybridized carbons (Fsp3) is 0.938. The molecular weight excluding hydrogens is 432 g/mol. The lowest BCUT2D eigenvalue weighted by Crippen LogP contribution is -2.65. The van der Waals surface area contributed by atoms with Crippen LogP contribution >= 0.6 is 0 Å². The summed E-state index contributed by atoms with van der Waals surface area (Å²) in [7, 11) is 0. The summed E-state index contributed by atoms with van der Waals surface area (Å²) in [6, 6.07) is 0. The number of hydrogen-bond acceptors (Lipinski definition) is 14. The summed E-state index contributed by atoms with van der Waals surface area (Å²) in [5.74, 6) is -1.65. The average Bonchev–Trinajstić information content (AvgIpc) is 2.72. The lowest BCUT2D eigenvalue weighted by molar-refractivity contribution is -0.368. The minimum absolute atomic E-state index is 0.426. The predicted molar refractivity (Wildman–Crippen MR) is 89.8 cm³/mol. The van der Waals surface area contributed by atoms with Crippen LogP contribution in [-0.2, 0) is 28.5 Å². The summed E-state index contributed by atoms with van der Waals surface area (Å²) in [5, 5.41) is 88.7. The zero-order chi connectivity index (χ0) is 23.0.